The smallest absolute Gasteiger partial charge is 0.354 e. The molecule has 0 aromatic carbocycles. The molecule has 1 saturated heterocycles. The van der Waals surface area contributed by atoms with Crippen molar-refractivity contribution >= 4 is 11.8 Å². The zero-order valence-corrected chi connectivity index (χ0v) is 12.9. The monoisotopic (exact) mass is 331 g/mol. The van der Waals surface area contributed by atoms with Crippen LogP contribution in [-0.2, 0) is 23.1 Å². The number of nitrogens with one attached hydrogen (secondary N) is 1. The molecular formula is C15H20F3N3O2. The Bertz CT molecular complexity index is 569. The number of hydrogen-bond donors (Lipinski definition) is 1. The predicted molar refractivity (Wildman–Crippen MR) is 77.5 cm³/mol. The van der Waals surface area contributed by atoms with Crippen molar-refractivity contribution in [1.82, 2.24) is 14.8 Å². The summed E-state index contributed by atoms with van der Waals surface area (Å²) in [6.07, 6.45) is -2.19. The van der Waals surface area contributed by atoms with E-state index in [1.807, 2.05) is 29.9 Å². The Morgan fingerprint density at radius 3 is 2.78 bits per heavy atom. The first-order valence-electron chi connectivity index (χ1n) is 7.49. The minimum Gasteiger partial charge on any atom is -0.354 e. The van der Waals surface area contributed by atoms with E-state index in [1.54, 1.807) is 0 Å². The molecule has 0 aliphatic carbocycles. The molecule has 0 bridgehead atoms. The van der Waals surface area contributed by atoms with Crippen LogP contribution in [0.4, 0.5) is 13.2 Å². The lowest BCUT2D eigenvalue weighted by Crippen LogP contribution is -2.48. The van der Waals surface area contributed by atoms with E-state index in [2.05, 4.69) is 5.32 Å². The van der Waals surface area contributed by atoms with Gasteiger partial charge in [-0.1, -0.05) is 0 Å². The number of carbonyl (C=O) groups excluding carboxylic acids is 2. The van der Waals surface area contributed by atoms with Gasteiger partial charge >= 0.3 is 6.18 Å². The molecule has 1 fully saturated rings. The van der Waals surface area contributed by atoms with Gasteiger partial charge in [-0.3, -0.25) is 9.59 Å². The first-order valence-corrected chi connectivity index (χ1v) is 7.49. The van der Waals surface area contributed by atoms with Crippen LogP contribution in [0.5, 0.6) is 0 Å². The second-order valence-electron chi connectivity index (χ2n) is 5.76. The number of halogens is 3. The fourth-order valence-corrected chi connectivity index (χ4v) is 2.65. The van der Waals surface area contributed by atoms with Crippen LogP contribution in [0.1, 0.15) is 18.5 Å². The predicted octanol–water partition coefficient (Wildman–Crippen LogP) is 1.48. The van der Waals surface area contributed by atoms with Crippen LogP contribution >= 0.6 is 0 Å². The molecule has 1 aliphatic heterocycles. The summed E-state index contributed by atoms with van der Waals surface area (Å²) in [5, 5.41) is 2.64. The summed E-state index contributed by atoms with van der Waals surface area (Å²) in [5.41, 5.74) is 1.04. The highest BCUT2D eigenvalue weighted by molar-refractivity contribution is 5.85. The minimum atomic E-state index is -4.33. The molecule has 0 saturated carbocycles. The van der Waals surface area contributed by atoms with Crippen LogP contribution in [0.15, 0.2) is 18.3 Å². The number of amides is 2. The van der Waals surface area contributed by atoms with Gasteiger partial charge in [0.2, 0.25) is 11.8 Å². The number of rotatable bonds is 5. The first kappa shape index (κ1) is 17.4. The molecule has 2 heterocycles. The number of aryl methyl sites for hydroxylation is 1. The van der Waals surface area contributed by atoms with Crippen LogP contribution in [0, 0.1) is 5.92 Å². The Balaban J connectivity index is 1.79. The largest absolute Gasteiger partial charge is 0.393 e. The van der Waals surface area contributed by atoms with Crippen LogP contribution < -0.4 is 5.32 Å². The van der Waals surface area contributed by atoms with Crippen molar-refractivity contribution in [2.75, 3.05) is 19.6 Å². The number of hydrogen-bond acceptors (Lipinski definition) is 2. The normalized spacial score (nSPS) is 19.0. The third kappa shape index (κ3) is 4.74. The molecule has 0 spiro atoms. The molecule has 128 valence electrons. The summed E-state index contributed by atoms with van der Waals surface area (Å²) in [6.45, 7) is -0.381. The van der Waals surface area contributed by atoms with Crippen molar-refractivity contribution in [3.05, 3.63) is 24.0 Å². The highest BCUT2D eigenvalue weighted by Crippen LogP contribution is 2.33. The van der Waals surface area contributed by atoms with Crippen LogP contribution in [-0.4, -0.2) is 47.1 Å². The molecular weight excluding hydrogens is 311 g/mol. The zero-order chi connectivity index (χ0) is 17.0. The number of carbonyl (C=O) groups is 2. The molecule has 23 heavy (non-hydrogen) atoms. The molecule has 1 aromatic rings. The summed E-state index contributed by atoms with van der Waals surface area (Å²) >= 11 is 0. The summed E-state index contributed by atoms with van der Waals surface area (Å²) in [7, 11) is 1.89. The fraction of sp³-hybridized carbons (Fsp3) is 0.600. The zero-order valence-electron chi connectivity index (χ0n) is 12.9. The number of piperidine rings is 1. The van der Waals surface area contributed by atoms with E-state index in [0.29, 0.717) is 13.0 Å². The number of likely N-dealkylation sites (tertiary alicyclic amines) is 1. The van der Waals surface area contributed by atoms with Gasteiger partial charge in [0.25, 0.3) is 0 Å². The van der Waals surface area contributed by atoms with Crippen LogP contribution in [0.25, 0.3) is 0 Å². The standard InChI is InChI=1S/C15H20F3N3O2/c1-20-8-2-3-12(20)6-7-19-13(22)10-21-9-11(15(16,17)18)4-5-14(21)23/h2-3,8,11H,4-7,9-10H2,1H3,(H,19,22). The molecule has 5 nitrogen and oxygen atoms in total. The number of nitrogens with zero attached hydrogens (tertiary/aromatic N) is 2. The second kappa shape index (κ2) is 7.06. The maximum absolute atomic E-state index is 12.7. The maximum atomic E-state index is 12.7. The molecule has 0 radical (unpaired) electrons. The van der Waals surface area contributed by atoms with E-state index in [0.717, 1.165) is 10.6 Å². The topological polar surface area (TPSA) is 54.3 Å². The van der Waals surface area contributed by atoms with Gasteiger partial charge in [-0.2, -0.15) is 13.2 Å². The third-order valence-corrected chi connectivity index (χ3v) is 4.05. The van der Waals surface area contributed by atoms with Gasteiger partial charge in [-0.15, -0.1) is 0 Å². The van der Waals surface area contributed by atoms with Gasteiger partial charge < -0.3 is 14.8 Å². The Morgan fingerprint density at radius 2 is 2.17 bits per heavy atom. The lowest BCUT2D eigenvalue weighted by atomic mass is 9.97. The van der Waals surface area contributed by atoms with Crippen molar-refractivity contribution in [3.63, 3.8) is 0 Å². The van der Waals surface area contributed by atoms with E-state index in [-0.39, 0.29) is 19.4 Å². The van der Waals surface area contributed by atoms with E-state index in [4.69, 9.17) is 0 Å². The highest BCUT2D eigenvalue weighted by atomic mass is 19.4. The summed E-state index contributed by atoms with van der Waals surface area (Å²) < 4.78 is 40.1. The fourth-order valence-electron chi connectivity index (χ4n) is 2.65. The van der Waals surface area contributed by atoms with E-state index in [1.165, 1.54) is 0 Å². The molecule has 1 aliphatic rings. The van der Waals surface area contributed by atoms with Gasteiger partial charge in [-0.05, 0) is 18.6 Å². The van der Waals surface area contributed by atoms with Gasteiger partial charge in [0.1, 0.15) is 0 Å². The van der Waals surface area contributed by atoms with E-state index in [9.17, 15) is 22.8 Å². The van der Waals surface area contributed by atoms with Crippen LogP contribution in [0.2, 0.25) is 0 Å². The minimum absolute atomic E-state index is 0.166. The molecule has 8 heteroatoms. The summed E-state index contributed by atoms with van der Waals surface area (Å²) in [5.74, 6) is -2.38. The van der Waals surface area contributed by atoms with Gasteiger partial charge in [0.15, 0.2) is 0 Å². The SMILES string of the molecule is Cn1cccc1CCNC(=O)CN1CC(C(F)(F)F)CCC1=O. The lowest BCUT2D eigenvalue weighted by molar-refractivity contribution is -0.189. The highest BCUT2D eigenvalue weighted by Gasteiger charge is 2.43. The van der Waals surface area contributed by atoms with Crippen LogP contribution in [0.3, 0.4) is 0 Å². The first-order chi connectivity index (χ1) is 10.8. The van der Waals surface area contributed by atoms with E-state index >= 15 is 0 Å². The van der Waals surface area contributed by atoms with Crippen molar-refractivity contribution in [3.8, 4) is 0 Å². The molecule has 2 amide bonds. The van der Waals surface area contributed by atoms with E-state index < -0.39 is 30.5 Å². The van der Waals surface area contributed by atoms with Gasteiger partial charge in [-0.25, -0.2) is 0 Å². The third-order valence-electron chi connectivity index (χ3n) is 4.05. The Labute approximate surface area is 132 Å². The summed E-state index contributed by atoms with van der Waals surface area (Å²) in [6, 6.07) is 3.81. The molecule has 2 rings (SSSR count). The Kier molecular flexibility index (Phi) is 5.33. The van der Waals surface area contributed by atoms with Crippen molar-refractivity contribution in [2.45, 2.75) is 25.4 Å². The quantitative estimate of drug-likeness (QED) is 0.889. The average Bonchev–Trinajstić information content (AvgIpc) is 2.86. The van der Waals surface area contributed by atoms with Crippen molar-refractivity contribution < 1.29 is 22.8 Å². The van der Waals surface area contributed by atoms with Gasteiger partial charge in [0.05, 0.1) is 12.5 Å². The molecule has 1 N–H and O–H groups in total. The molecule has 1 atom stereocenters. The number of aromatic nitrogens is 1. The Morgan fingerprint density at radius 1 is 1.43 bits per heavy atom. The lowest BCUT2D eigenvalue weighted by Gasteiger charge is -2.33. The Hall–Kier alpha value is -1.99. The average molecular weight is 331 g/mol. The summed E-state index contributed by atoms with van der Waals surface area (Å²) in [4.78, 5) is 24.5. The van der Waals surface area contributed by atoms with Crippen molar-refractivity contribution in [1.29, 1.82) is 0 Å². The molecule has 1 aromatic heterocycles. The van der Waals surface area contributed by atoms with Crippen molar-refractivity contribution in [2.24, 2.45) is 13.0 Å². The number of alkyl halides is 3. The molecule has 1 unspecified atom stereocenters. The second-order valence-corrected chi connectivity index (χ2v) is 5.76. The maximum Gasteiger partial charge on any atom is 0.393 e. The van der Waals surface area contributed by atoms with Gasteiger partial charge in [0, 0.05) is 44.9 Å².